The highest BCUT2D eigenvalue weighted by Crippen LogP contribution is 2.64. The fourth-order valence-electron chi connectivity index (χ4n) is 10.9. The molecule has 69 heavy (non-hydrogen) atoms. The van der Waals surface area contributed by atoms with E-state index in [0.717, 1.165) is 23.6 Å². The first kappa shape index (κ1) is 49.3. The number of aliphatic hydroxyl groups excluding tert-OH is 2. The third-order valence-electron chi connectivity index (χ3n) is 14.6. The van der Waals surface area contributed by atoms with Gasteiger partial charge in [-0.15, -0.1) is 11.8 Å². The minimum atomic E-state index is -2.41. The Kier molecular flexibility index (Phi) is 13.8. The van der Waals surface area contributed by atoms with Gasteiger partial charge in [0.1, 0.15) is 36.1 Å². The van der Waals surface area contributed by atoms with Gasteiger partial charge in [-0.25, -0.2) is 9.59 Å². The summed E-state index contributed by atoms with van der Waals surface area (Å²) in [6.45, 7) is 6.87. The summed E-state index contributed by atoms with van der Waals surface area (Å²) in [5, 5.41) is 41.1. The second-order valence-corrected chi connectivity index (χ2v) is 19.9. The minimum Gasteiger partial charge on any atom is -0.455 e. The van der Waals surface area contributed by atoms with Crippen molar-refractivity contribution >= 4 is 47.3 Å². The summed E-state index contributed by atoms with van der Waals surface area (Å²) >= 11 is 1.16. The van der Waals surface area contributed by atoms with Gasteiger partial charge >= 0.3 is 23.9 Å². The van der Waals surface area contributed by atoms with Gasteiger partial charge in [-0.3, -0.25) is 19.2 Å². The Labute approximate surface area is 403 Å². The first-order valence-electron chi connectivity index (χ1n) is 22.7. The van der Waals surface area contributed by atoms with Gasteiger partial charge in [0.2, 0.25) is 6.10 Å². The number of hydrogen-bond donors (Lipinski definition) is 4. The molecular weight excluding hydrogens is 907 g/mol. The molecule has 11 atom stereocenters. The second kappa shape index (κ2) is 19.3. The van der Waals surface area contributed by atoms with Crippen LogP contribution in [0.1, 0.15) is 79.8 Å². The molecule has 4 aromatic rings. The predicted molar refractivity (Wildman–Crippen MR) is 249 cm³/mol. The molecule has 0 spiro atoms. The number of benzene rings is 4. The zero-order valence-corrected chi connectivity index (χ0v) is 39.6. The van der Waals surface area contributed by atoms with Crippen molar-refractivity contribution in [2.24, 2.45) is 16.7 Å². The van der Waals surface area contributed by atoms with Crippen LogP contribution in [-0.4, -0.2) is 111 Å². The molecular formula is C53H55NO14S. The summed E-state index contributed by atoms with van der Waals surface area (Å²) in [5.41, 5.74) is -7.16. The number of ketones is 1. The molecule has 1 heterocycles. The number of esters is 4. The number of rotatable bonds is 13. The van der Waals surface area contributed by atoms with Crippen LogP contribution in [0, 0.1) is 16.7 Å². The molecule has 15 nitrogen and oxygen atoms in total. The van der Waals surface area contributed by atoms with E-state index in [4.69, 9.17) is 23.7 Å². The first-order chi connectivity index (χ1) is 32.8. The van der Waals surface area contributed by atoms with Crippen LogP contribution in [0.3, 0.4) is 0 Å². The van der Waals surface area contributed by atoms with E-state index in [0.29, 0.717) is 5.56 Å². The van der Waals surface area contributed by atoms with Crippen molar-refractivity contribution in [3.05, 3.63) is 149 Å². The zero-order chi connectivity index (χ0) is 49.5. The third kappa shape index (κ3) is 8.89. The van der Waals surface area contributed by atoms with Crippen molar-refractivity contribution in [3.63, 3.8) is 0 Å². The highest BCUT2D eigenvalue weighted by molar-refractivity contribution is 8.00. The van der Waals surface area contributed by atoms with Crippen molar-refractivity contribution in [2.75, 3.05) is 12.4 Å². The van der Waals surface area contributed by atoms with E-state index in [9.17, 15) is 34.5 Å². The lowest BCUT2D eigenvalue weighted by Gasteiger charge is -2.67. The van der Waals surface area contributed by atoms with Crippen molar-refractivity contribution < 1.29 is 67.8 Å². The van der Waals surface area contributed by atoms with Gasteiger partial charge in [-0.2, -0.15) is 0 Å². The molecule has 2 saturated carbocycles. The maximum absolute atomic E-state index is 15.2. The molecule has 1 unspecified atom stereocenters. The van der Waals surface area contributed by atoms with Gasteiger partial charge in [0.25, 0.3) is 5.91 Å². The number of aliphatic hydroxyl groups is 3. The molecule has 4 aliphatic rings. The smallest absolute Gasteiger partial charge is 0.350 e. The predicted octanol–water partition coefficient (Wildman–Crippen LogP) is 5.51. The van der Waals surface area contributed by atoms with E-state index >= 15 is 9.59 Å². The van der Waals surface area contributed by atoms with Crippen LogP contribution in [0.15, 0.2) is 137 Å². The molecule has 1 saturated heterocycles. The van der Waals surface area contributed by atoms with Crippen LogP contribution in [-0.2, 0) is 42.9 Å². The molecule has 1 amide bonds. The quantitative estimate of drug-likeness (QED) is 0.0562. The number of fused-ring (bicyclic) bond motifs is 5. The highest BCUT2D eigenvalue weighted by atomic mass is 32.2. The zero-order valence-electron chi connectivity index (χ0n) is 38.7. The van der Waals surface area contributed by atoms with Crippen LogP contribution >= 0.6 is 11.8 Å². The molecule has 4 N–H and O–H groups in total. The van der Waals surface area contributed by atoms with E-state index in [2.05, 4.69) is 5.32 Å². The van der Waals surface area contributed by atoms with Gasteiger partial charge < -0.3 is 44.3 Å². The Morgan fingerprint density at radius 3 is 1.99 bits per heavy atom. The largest absolute Gasteiger partial charge is 0.455 e. The van der Waals surface area contributed by atoms with Crippen LogP contribution in [0.25, 0.3) is 0 Å². The number of nitrogens with one attached hydrogen (secondary N) is 1. The number of thioether (sulfide) groups is 1. The summed E-state index contributed by atoms with van der Waals surface area (Å²) in [6, 6.07) is 32.1. The lowest BCUT2D eigenvalue weighted by atomic mass is 9.44. The fraction of sp³-hybridized carbons (Fsp3) is 0.396. The molecule has 16 heteroatoms. The molecule has 2 bridgehead atoms. The Hall–Kier alpha value is -6.17. The molecule has 0 radical (unpaired) electrons. The van der Waals surface area contributed by atoms with Gasteiger partial charge in [0, 0.05) is 35.6 Å². The van der Waals surface area contributed by atoms with Crippen LogP contribution in [0.2, 0.25) is 0 Å². The minimum absolute atomic E-state index is 0.0682. The Balaban J connectivity index is 1.25. The summed E-state index contributed by atoms with van der Waals surface area (Å²) in [4.78, 5) is 86.3. The highest BCUT2D eigenvalue weighted by Gasteiger charge is 2.78. The van der Waals surface area contributed by atoms with Gasteiger partial charge in [-0.05, 0) is 67.0 Å². The number of carbonyl (C=O) groups is 6. The number of amides is 1. The van der Waals surface area contributed by atoms with E-state index in [1.807, 2.05) is 6.07 Å². The van der Waals surface area contributed by atoms with Crippen molar-refractivity contribution in [2.45, 2.75) is 106 Å². The van der Waals surface area contributed by atoms with Crippen molar-refractivity contribution in [1.82, 2.24) is 5.32 Å². The number of Topliss-reactive ketones (excluding diaryl/α,β-unsaturated/α-hetero) is 1. The van der Waals surface area contributed by atoms with Crippen LogP contribution in [0.5, 0.6) is 0 Å². The second-order valence-electron chi connectivity index (χ2n) is 18.8. The fourth-order valence-corrected chi connectivity index (χ4v) is 11.6. The standard InChI is InChI=1S/C53H55NO14S/c1-30-36(65-49(62)43(66-39(57)28-69-35-24-16-9-17-25-35)41(32-18-10-6-11-19-32)54-47(60)33-20-12-7-13-21-33)27-53(63)46(67-48(61)34-22-14-8-15-23-34)44-51(5,45(59)42(58)40(30)50(53,3)4)37(56)26-38-52(44,29-64-38)68-31(2)55/h6-25,36-38,41-44,46,56,58,63H,26-29H2,1-5H3,(H,54,60)/t36-,37-,38+,41-,42+,43+,44?,46-,51+,52-,53+/m0/s1. The van der Waals surface area contributed by atoms with E-state index < -0.39 is 113 Å². The summed E-state index contributed by atoms with van der Waals surface area (Å²) in [7, 11) is 0. The van der Waals surface area contributed by atoms with Gasteiger partial charge in [0.05, 0.1) is 35.4 Å². The van der Waals surface area contributed by atoms with E-state index in [1.54, 1.807) is 117 Å². The van der Waals surface area contributed by atoms with Gasteiger partial charge in [-0.1, -0.05) is 98.8 Å². The first-order valence-corrected chi connectivity index (χ1v) is 23.7. The third-order valence-corrected chi connectivity index (χ3v) is 15.5. The molecule has 362 valence electrons. The number of hydrogen-bond acceptors (Lipinski definition) is 15. The molecule has 4 aromatic carbocycles. The van der Waals surface area contributed by atoms with E-state index in [1.165, 1.54) is 26.0 Å². The Bertz CT molecular complexity index is 2630. The molecule has 1 aliphatic heterocycles. The van der Waals surface area contributed by atoms with Gasteiger partial charge in [0.15, 0.2) is 11.4 Å². The van der Waals surface area contributed by atoms with Crippen LogP contribution < -0.4 is 5.32 Å². The summed E-state index contributed by atoms with van der Waals surface area (Å²) < 4.78 is 30.8. The normalized spacial score (nSPS) is 29.8. The average Bonchev–Trinajstić information content (AvgIpc) is 3.34. The monoisotopic (exact) mass is 961 g/mol. The number of ether oxygens (including phenoxy) is 5. The molecule has 3 fully saturated rings. The lowest BCUT2D eigenvalue weighted by Crippen LogP contribution is -2.81. The SMILES string of the molecule is CC(=O)O[C@@]12CO[C@@H]1C[C@H](O)[C@@]1(C)C(=O)[C@H](O)C3=C(C)[C@@H](OC(=O)[C@H](OC(=O)CSc4ccccc4)[C@@H](NC(=O)c4ccccc4)c4ccccc4)C[C@@](O)([C@@H](OC(=O)c4ccccc4)C12)C3(C)C. The number of carbonyl (C=O) groups excluding carboxylic acids is 6. The summed E-state index contributed by atoms with van der Waals surface area (Å²) in [5.74, 6) is -7.04. The van der Waals surface area contributed by atoms with E-state index in [-0.39, 0.29) is 41.1 Å². The maximum atomic E-state index is 15.2. The average molecular weight is 962 g/mol. The topological polar surface area (TPSA) is 221 Å². The van der Waals surface area contributed by atoms with Crippen molar-refractivity contribution in [3.8, 4) is 0 Å². The van der Waals surface area contributed by atoms with Crippen LogP contribution in [0.4, 0.5) is 0 Å². The maximum Gasteiger partial charge on any atom is 0.350 e. The molecule has 3 aliphatic carbocycles. The molecule has 8 rings (SSSR count). The summed E-state index contributed by atoms with van der Waals surface area (Å²) in [6.07, 6.45) is -10.6. The Morgan fingerprint density at radius 1 is 0.826 bits per heavy atom. The lowest BCUT2D eigenvalue weighted by molar-refractivity contribution is -0.346. The van der Waals surface area contributed by atoms with Crippen molar-refractivity contribution in [1.29, 1.82) is 0 Å². The molecule has 0 aromatic heterocycles. The Morgan fingerprint density at radius 2 is 1.41 bits per heavy atom.